The molecule has 1 atom stereocenters. The number of aliphatic hydroxyl groups is 1. The monoisotopic (exact) mass is 318 g/mol. The quantitative estimate of drug-likeness (QED) is 0.799. The molecule has 1 aromatic carbocycles. The number of hydrogen-bond acceptors (Lipinski definition) is 2. The van der Waals surface area contributed by atoms with Crippen LogP contribution in [0.2, 0.25) is 0 Å². The van der Waals surface area contributed by atoms with Gasteiger partial charge < -0.3 is 15.7 Å². The van der Waals surface area contributed by atoms with Crippen molar-refractivity contribution >= 4 is 27.6 Å². The highest BCUT2D eigenvalue weighted by atomic mass is 79.9. The smallest absolute Gasteiger partial charge is 0.319 e. The third-order valence-electron chi connectivity index (χ3n) is 2.72. The maximum atomic E-state index is 13.4. The summed E-state index contributed by atoms with van der Waals surface area (Å²) < 4.78 is 14.1. The Kier molecular flexibility index (Phi) is 5.10. The van der Waals surface area contributed by atoms with Gasteiger partial charge in [0.1, 0.15) is 5.82 Å². The largest absolute Gasteiger partial charge is 0.394 e. The zero-order chi connectivity index (χ0) is 13.8. The zero-order valence-electron chi connectivity index (χ0n) is 10.3. The number of rotatable bonds is 4. The Hall–Kier alpha value is -1.14. The van der Waals surface area contributed by atoms with Crippen LogP contribution in [0, 0.1) is 5.82 Å². The van der Waals surface area contributed by atoms with E-state index in [1.54, 1.807) is 13.0 Å². The van der Waals surface area contributed by atoms with Crippen LogP contribution in [0.3, 0.4) is 0 Å². The average Bonchev–Trinajstić information content (AvgIpc) is 2.33. The maximum absolute atomic E-state index is 13.4. The molecular formula is C12H16BrFN2O2. The van der Waals surface area contributed by atoms with Crippen LogP contribution in [0.4, 0.5) is 14.9 Å². The van der Waals surface area contributed by atoms with Crippen molar-refractivity contribution in [1.29, 1.82) is 0 Å². The number of nitrogens with one attached hydrogen (secondary N) is 2. The van der Waals surface area contributed by atoms with Gasteiger partial charge in [0.15, 0.2) is 0 Å². The first-order valence-corrected chi connectivity index (χ1v) is 6.34. The Bertz CT molecular complexity index is 436. The summed E-state index contributed by atoms with van der Waals surface area (Å²) in [6, 6.07) is 3.72. The summed E-state index contributed by atoms with van der Waals surface area (Å²) in [6.07, 6.45) is 0.567. The SMILES string of the molecule is CCC(C)(CO)NC(=O)Nc1cc(Br)ccc1F. The molecule has 100 valence electrons. The van der Waals surface area contributed by atoms with Crippen LogP contribution in [0.25, 0.3) is 0 Å². The fraction of sp³-hybridized carbons (Fsp3) is 0.417. The van der Waals surface area contributed by atoms with Gasteiger partial charge in [0.05, 0.1) is 17.8 Å². The van der Waals surface area contributed by atoms with Crippen LogP contribution >= 0.6 is 15.9 Å². The lowest BCUT2D eigenvalue weighted by molar-refractivity contribution is 0.172. The Morgan fingerprint density at radius 2 is 2.22 bits per heavy atom. The van der Waals surface area contributed by atoms with Gasteiger partial charge in [0.25, 0.3) is 0 Å². The van der Waals surface area contributed by atoms with Gasteiger partial charge in [-0.1, -0.05) is 22.9 Å². The van der Waals surface area contributed by atoms with Crippen molar-refractivity contribution < 1.29 is 14.3 Å². The van der Waals surface area contributed by atoms with E-state index in [-0.39, 0.29) is 12.3 Å². The third kappa shape index (κ3) is 3.96. The second-order valence-electron chi connectivity index (χ2n) is 4.28. The normalized spacial score (nSPS) is 13.8. The number of carbonyl (C=O) groups excluding carboxylic acids is 1. The lowest BCUT2D eigenvalue weighted by Crippen LogP contribution is -2.50. The van der Waals surface area contributed by atoms with Crippen LogP contribution < -0.4 is 10.6 Å². The van der Waals surface area contributed by atoms with Gasteiger partial charge in [-0.2, -0.15) is 0 Å². The van der Waals surface area contributed by atoms with Crippen LogP contribution in [0.5, 0.6) is 0 Å². The molecule has 0 aliphatic rings. The van der Waals surface area contributed by atoms with E-state index in [9.17, 15) is 14.3 Å². The maximum Gasteiger partial charge on any atom is 0.319 e. The molecule has 0 saturated heterocycles. The zero-order valence-corrected chi connectivity index (χ0v) is 11.8. The van der Waals surface area contributed by atoms with Gasteiger partial charge in [0, 0.05) is 4.47 Å². The van der Waals surface area contributed by atoms with E-state index < -0.39 is 17.4 Å². The van der Waals surface area contributed by atoms with Crippen molar-refractivity contribution in [3.63, 3.8) is 0 Å². The molecule has 0 heterocycles. The van der Waals surface area contributed by atoms with Gasteiger partial charge in [0.2, 0.25) is 0 Å². The minimum atomic E-state index is -0.716. The van der Waals surface area contributed by atoms with E-state index in [4.69, 9.17) is 0 Å². The van der Waals surface area contributed by atoms with Crippen LogP contribution in [-0.2, 0) is 0 Å². The Balaban J connectivity index is 2.73. The van der Waals surface area contributed by atoms with E-state index in [2.05, 4.69) is 26.6 Å². The molecule has 0 bridgehead atoms. The molecule has 0 aliphatic heterocycles. The Morgan fingerprint density at radius 3 is 2.78 bits per heavy atom. The Morgan fingerprint density at radius 1 is 1.56 bits per heavy atom. The molecule has 18 heavy (non-hydrogen) atoms. The predicted molar refractivity (Wildman–Crippen MR) is 72.0 cm³/mol. The van der Waals surface area contributed by atoms with Gasteiger partial charge in [-0.25, -0.2) is 9.18 Å². The number of benzene rings is 1. The van der Waals surface area contributed by atoms with E-state index in [0.717, 1.165) is 0 Å². The number of halogens is 2. The van der Waals surface area contributed by atoms with Crippen molar-refractivity contribution in [3.05, 3.63) is 28.5 Å². The second-order valence-corrected chi connectivity index (χ2v) is 5.19. The molecule has 6 heteroatoms. The molecule has 1 aromatic rings. The highest BCUT2D eigenvalue weighted by Crippen LogP contribution is 2.20. The Labute approximate surface area is 114 Å². The minimum absolute atomic E-state index is 0.0817. The number of urea groups is 1. The summed E-state index contributed by atoms with van der Waals surface area (Å²) in [4.78, 5) is 11.7. The van der Waals surface area contributed by atoms with E-state index in [1.807, 2.05) is 6.92 Å². The van der Waals surface area contributed by atoms with Gasteiger partial charge in [-0.3, -0.25) is 0 Å². The van der Waals surface area contributed by atoms with Crippen molar-refractivity contribution in [2.45, 2.75) is 25.8 Å². The van der Waals surface area contributed by atoms with E-state index in [1.165, 1.54) is 12.1 Å². The van der Waals surface area contributed by atoms with Crippen molar-refractivity contribution in [1.82, 2.24) is 5.32 Å². The molecule has 0 fully saturated rings. The first-order chi connectivity index (χ1) is 8.40. The summed E-state index contributed by atoms with van der Waals surface area (Å²) in [5.41, 5.74) is -0.634. The molecule has 0 aromatic heterocycles. The van der Waals surface area contributed by atoms with Crippen LogP contribution in [-0.4, -0.2) is 23.3 Å². The lowest BCUT2D eigenvalue weighted by Gasteiger charge is -2.27. The van der Waals surface area contributed by atoms with Crippen molar-refractivity contribution in [3.8, 4) is 0 Å². The topological polar surface area (TPSA) is 61.4 Å². The standard InChI is InChI=1S/C12H16BrFN2O2/c1-3-12(2,7-17)16-11(18)15-10-6-8(13)4-5-9(10)14/h4-6,17H,3,7H2,1-2H3,(H2,15,16,18). The number of amides is 2. The summed E-state index contributed by atoms with van der Waals surface area (Å²) in [7, 11) is 0. The molecule has 0 aliphatic carbocycles. The molecule has 0 spiro atoms. The summed E-state index contributed by atoms with van der Waals surface area (Å²) in [5, 5.41) is 14.2. The molecule has 2 amide bonds. The highest BCUT2D eigenvalue weighted by molar-refractivity contribution is 9.10. The van der Waals surface area contributed by atoms with Crippen LogP contribution in [0.1, 0.15) is 20.3 Å². The minimum Gasteiger partial charge on any atom is -0.394 e. The summed E-state index contributed by atoms with van der Waals surface area (Å²) in [5.74, 6) is -0.518. The van der Waals surface area contributed by atoms with Crippen molar-refractivity contribution in [2.75, 3.05) is 11.9 Å². The number of aliphatic hydroxyl groups excluding tert-OH is 1. The third-order valence-corrected chi connectivity index (χ3v) is 3.21. The lowest BCUT2D eigenvalue weighted by atomic mass is 10.0. The molecular weight excluding hydrogens is 303 g/mol. The molecule has 1 rings (SSSR count). The molecule has 3 N–H and O–H groups in total. The molecule has 1 unspecified atom stereocenters. The second kappa shape index (κ2) is 6.15. The number of carbonyl (C=O) groups is 1. The van der Waals surface area contributed by atoms with E-state index in [0.29, 0.717) is 10.9 Å². The first-order valence-electron chi connectivity index (χ1n) is 5.55. The van der Waals surface area contributed by atoms with Crippen LogP contribution in [0.15, 0.2) is 22.7 Å². The number of hydrogen-bond donors (Lipinski definition) is 3. The predicted octanol–water partition coefficient (Wildman–Crippen LogP) is 2.87. The molecule has 0 radical (unpaired) electrons. The van der Waals surface area contributed by atoms with Crippen molar-refractivity contribution in [2.24, 2.45) is 0 Å². The van der Waals surface area contributed by atoms with Gasteiger partial charge in [-0.05, 0) is 31.5 Å². The summed E-state index contributed by atoms with van der Waals surface area (Å²) >= 11 is 3.20. The number of anilines is 1. The van der Waals surface area contributed by atoms with Gasteiger partial charge in [-0.15, -0.1) is 0 Å². The fourth-order valence-electron chi connectivity index (χ4n) is 1.26. The average molecular weight is 319 g/mol. The highest BCUT2D eigenvalue weighted by Gasteiger charge is 2.23. The first kappa shape index (κ1) is 14.9. The summed E-state index contributed by atoms with van der Waals surface area (Å²) in [6.45, 7) is 3.37. The van der Waals surface area contributed by atoms with Gasteiger partial charge >= 0.3 is 6.03 Å². The van der Waals surface area contributed by atoms with E-state index >= 15 is 0 Å². The molecule has 4 nitrogen and oxygen atoms in total. The molecule has 0 saturated carbocycles. The fourth-order valence-corrected chi connectivity index (χ4v) is 1.62.